The number of nitrogens with zero attached hydrogens (tertiary/aromatic N) is 1. The van der Waals surface area contributed by atoms with Crippen molar-refractivity contribution in [3.63, 3.8) is 0 Å². The average Bonchev–Trinajstić information content (AvgIpc) is 3.35. The normalized spacial score (nSPS) is 27.6. The molecule has 3 N–H and O–H groups in total. The summed E-state index contributed by atoms with van der Waals surface area (Å²) in [6.07, 6.45) is -1.19. The van der Waals surface area contributed by atoms with Crippen LogP contribution in [0, 0.1) is 5.92 Å². The number of carbonyl (C=O) groups excluding carboxylic acids is 2. The van der Waals surface area contributed by atoms with Gasteiger partial charge < -0.3 is 15.2 Å². The topological polar surface area (TPSA) is 97.2 Å². The third kappa shape index (κ3) is 4.45. The number of thioether (sulfide) groups is 1. The summed E-state index contributed by atoms with van der Waals surface area (Å²) < 4.78 is 11.7. The summed E-state index contributed by atoms with van der Waals surface area (Å²) in [6.45, 7) is 9.74. The quantitative estimate of drug-likeness (QED) is 0.722. The van der Waals surface area contributed by atoms with Gasteiger partial charge in [-0.05, 0) is 32.3 Å². The predicted molar refractivity (Wildman–Crippen MR) is 113 cm³/mol. The summed E-state index contributed by atoms with van der Waals surface area (Å²) in [6, 6.07) is 8.96. The number of benzene rings is 1. The molecule has 0 saturated carbocycles. The van der Waals surface area contributed by atoms with Crippen molar-refractivity contribution in [2.75, 3.05) is 12.3 Å². The van der Waals surface area contributed by atoms with Gasteiger partial charge in [0.2, 0.25) is 5.72 Å². The number of ether oxygens (including phenoxy) is 2. The first-order chi connectivity index (χ1) is 13.6. The molecule has 160 valence electrons. The molecule has 0 aromatic heterocycles. The van der Waals surface area contributed by atoms with Crippen LogP contribution in [0.4, 0.5) is 4.79 Å². The van der Waals surface area contributed by atoms with Crippen molar-refractivity contribution in [3.05, 3.63) is 35.9 Å². The van der Waals surface area contributed by atoms with Crippen LogP contribution in [0.3, 0.4) is 0 Å². The molecule has 8 heteroatoms. The van der Waals surface area contributed by atoms with E-state index in [1.807, 2.05) is 44.2 Å². The molecule has 2 fully saturated rings. The van der Waals surface area contributed by atoms with E-state index in [-0.39, 0.29) is 11.2 Å². The molecule has 7 nitrogen and oxygen atoms in total. The summed E-state index contributed by atoms with van der Waals surface area (Å²) in [7, 11) is 0. The van der Waals surface area contributed by atoms with E-state index in [0.29, 0.717) is 6.54 Å². The molecule has 2 amide bonds. The molecule has 4 atom stereocenters. The lowest BCUT2D eigenvalue weighted by Gasteiger charge is -2.36. The highest BCUT2D eigenvalue weighted by Gasteiger charge is 2.71. The molecule has 0 spiro atoms. The van der Waals surface area contributed by atoms with Crippen molar-refractivity contribution >= 4 is 23.8 Å². The van der Waals surface area contributed by atoms with Crippen LogP contribution in [0.15, 0.2) is 30.3 Å². The van der Waals surface area contributed by atoms with E-state index in [2.05, 4.69) is 5.32 Å². The first kappa shape index (κ1) is 22.1. The van der Waals surface area contributed by atoms with Crippen molar-refractivity contribution in [1.82, 2.24) is 10.2 Å². The molecule has 0 bridgehead atoms. The summed E-state index contributed by atoms with van der Waals surface area (Å²) in [5.41, 5.74) is 5.25. The van der Waals surface area contributed by atoms with E-state index < -0.39 is 35.6 Å². The maximum atomic E-state index is 13.4. The zero-order chi connectivity index (χ0) is 21.4. The Bertz CT molecular complexity index is 752. The molecule has 2 saturated heterocycles. The Morgan fingerprint density at radius 3 is 2.55 bits per heavy atom. The summed E-state index contributed by atoms with van der Waals surface area (Å²) in [5, 5.41) is 3.04. The zero-order valence-corrected chi connectivity index (χ0v) is 18.5. The molecule has 2 heterocycles. The molecule has 3 unspecified atom stereocenters. The van der Waals surface area contributed by atoms with Crippen molar-refractivity contribution in [3.8, 4) is 0 Å². The minimum absolute atomic E-state index is 0.136. The highest BCUT2D eigenvalue weighted by Crippen LogP contribution is 2.56. The van der Waals surface area contributed by atoms with Gasteiger partial charge in [-0.3, -0.25) is 10.1 Å². The van der Waals surface area contributed by atoms with Crippen LogP contribution in [-0.2, 0) is 14.3 Å². The van der Waals surface area contributed by atoms with Crippen LogP contribution < -0.4 is 11.1 Å². The number of nitrogens with two attached hydrogens (primary N) is 1. The highest BCUT2D eigenvalue weighted by molar-refractivity contribution is 7.99. The van der Waals surface area contributed by atoms with Gasteiger partial charge in [-0.1, -0.05) is 44.2 Å². The van der Waals surface area contributed by atoms with Gasteiger partial charge in [0.15, 0.2) is 6.23 Å². The van der Waals surface area contributed by atoms with Crippen LogP contribution >= 0.6 is 11.8 Å². The van der Waals surface area contributed by atoms with Gasteiger partial charge in [0.25, 0.3) is 5.91 Å². The Hall–Kier alpha value is -1.61. The maximum Gasteiger partial charge on any atom is 0.419 e. The number of carbonyl (C=O) groups is 2. The second-order valence-corrected chi connectivity index (χ2v) is 10.0. The lowest BCUT2D eigenvalue weighted by molar-refractivity contribution is -0.138. The fourth-order valence-corrected chi connectivity index (χ4v) is 4.77. The van der Waals surface area contributed by atoms with Crippen LogP contribution in [0.2, 0.25) is 0 Å². The van der Waals surface area contributed by atoms with Crippen molar-refractivity contribution < 1.29 is 19.1 Å². The first-order valence-electron chi connectivity index (χ1n) is 9.98. The average molecular weight is 422 g/mol. The monoisotopic (exact) mass is 421 g/mol. The standard InChI is InChI=1S/C21H31N3O4S/c1-13(2)15(22)17(25)24(19(26)28-20(3,4)5)21-16(14-9-7-6-8-10-14)29-12-11-23-18(21)27-21/h6-10,13,15-16,18,23H,11-12,22H2,1-5H3/t15-,16?,18?,21?/m0/s1. The Morgan fingerprint density at radius 2 is 1.97 bits per heavy atom. The number of hydrogen-bond acceptors (Lipinski definition) is 7. The van der Waals surface area contributed by atoms with Crippen molar-refractivity contribution in [1.29, 1.82) is 0 Å². The number of hydrogen-bond donors (Lipinski definition) is 2. The zero-order valence-electron chi connectivity index (χ0n) is 17.7. The van der Waals surface area contributed by atoms with Gasteiger partial charge >= 0.3 is 6.09 Å². The second kappa shape index (κ2) is 8.26. The minimum Gasteiger partial charge on any atom is -0.443 e. The van der Waals surface area contributed by atoms with Crippen LogP contribution in [-0.4, -0.2) is 52.8 Å². The fourth-order valence-electron chi connectivity index (χ4n) is 3.42. The molecule has 2 aliphatic heterocycles. The van der Waals surface area contributed by atoms with Gasteiger partial charge in [-0.25, -0.2) is 9.69 Å². The van der Waals surface area contributed by atoms with Crippen LogP contribution in [0.5, 0.6) is 0 Å². The van der Waals surface area contributed by atoms with Crippen LogP contribution in [0.25, 0.3) is 0 Å². The van der Waals surface area contributed by atoms with E-state index in [1.165, 1.54) is 0 Å². The van der Waals surface area contributed by atoms with Crippen LogP contribution in [0.1, 0.15) is 45.4 Å². The Labute approximate surface area is 176 Å². The smallest absolute Gasteiger partial charge is 0.419 e. The number of imide groups is 1. The highest BCUT2D eigenvalue weighted by atomic mass is 32.2. The first-order valence-corrected chi connectivity index (χ1v) is 11.0. The van der Waals surface area contributed by atoms with Crippen molar-refractivity contribution in [2.45, 2.75) is 63.5 Å². The molecule has 3 rings (SSSR count). The molecule has 0 aliphatic carbocycles. The predicted octanol–water partition coefficient (Wildman–Crippen LogP) is 2.86. The Balaban J connectivity index is 2.06. The summed E-state index contributed by atoms with van der Waals surface area (Å²) in [4.78, 5) is 27.8. The maximum absolute atomic E-state index is 13.4. The SMILES string of the molecule is CC(C)[C@H](N)C(=O)N(C(=O)OC(C)(C)C)C12OC1NCCSC2c1ccccc1. The third-order valence-corrected chi connectivity index (χ3v) is 6.35. The van der Waals surface area contributed by atoms with E-state index in [9.17, 15) is 9.59 Å². The molecule has 29 heavy (non-hydrogen) atoms. The molecule has 0 radical (unpaired) electrons. The number of nitrogens with one attached hydrogen (secondary N) is 1. The molecule has 2 aliphatic rings. The van der Waals surface area contributed by atoms with Gasteiger partial charge in [-0.2, -0.15) is 0 Å². The van der Waals surface area contributed by atoms with Gasteiger partial charge in [0.05, 0.1) is 11.3 Å². The van der Waals surface area contributed by atoms with Gasteiger partial charge in [-0.15, -0.1) is 11.8 Å². The summed E-state index contributed by atoms with van der Waals surface area (Å²) in [5.74, 6) is 0.206. The third-order valence-electron chi connectivity index (χ3n) is 4.97. The molecule has 1 aromatic rings. The van der Waals surface area contributed by atoms with E-state index in [0.717, 1.165) is 16.2 Å². The Morgan fingerprint density at radius 1 is 1.31 bits per heavy atom. The van der Waals surface area contributed by atoms with Gasteiger partial charge in [0, 0.05) is 12.3 Å². The lowest BCUT2D eigenvalue weighted by atomic mass is 9.99. The Kier molecular flexibility index (Phi) is 6.29. The minimum atomic E-state index is -1.17. The number of fused-ring (bicyclic) bond motifs is 1. The second-order valence-electron chi connectivity index (χ2n) is 8.79. The molecule has 1 aromatic carbocycles. The fraction of sp³-hybridized carbons (Fsp3) is 0.619. The van der Waals surface area contributed by atoms with E-state index >= 15 is 0 Å². The van der Waals surface area contributed by atoms with E-state index in [1.54, 1.807) is 32.5 Å². The lowest BCUT2D eigenvalue weighted by Crippen LogP contribution is -2.58. The number of rotatable bonds is 4. The van der Waals surface area contributed by atoms with Crippen molar-refractivity contribution in [2.24, 2.45) is 11.7 Å². The largest absolute Gasteiger partial charge is 0.443 e. The molecular formula is C21H31N3O4S. The number of epoxide rings is 1. The van der Waals surface area contributed by atoms with E-state index in [4.69, 9.17) is 15.2 Å². The molecular weight excluding hydrogens is 390 g/mol. The summed E-state index contributed by atoms with van der Waals surface area (Å²) >= 11 is 1.66. The van der Waals surface area contributed by atoms with Gasteiger partial charge in [0.1, 0.15) is 5.60 Å². The number of amides is 2.